The first kappa shape index (κ1) is 15.7. The Balaban J connectivity index is 1.52. The van der Waals surface area contributed by atoms with Crippen LogP contribution in [-0.2, 0) is 11.3 Å². The van der Waals surface area contributed by atoms with Gasteiger partial charge in [0.05, 0.1) is 17.9 Å². The van der Waals surface area contributed by atoms with Gasteiger partial charge in [-0.25, -0.2) is 0 Å². The average molecular weight is 314 g/mol. The van der Waals surface area contributed by atoms with Crippen LogP contribution in [0.2, 0.25) is 0 Å². The molecule has 0 saturated carbocycles. The molecule has 2 N–H and O–H groups in total. The summed E-state index contributed by atoms with van der Waals surface area (Å²) in [6, 6.07) is 10.4. The van der Waals surface area contributed by atoms with E-state index < -0.39 is 0 Å². The second kappa shape index (κ2) is 7.89. The van der Waals surface area contributed by atoms with Crippen molar-refractivity contribution in [3.8, 4) is 0 Å². The van der Waals surface area contributed by atoms with Crippen LogP contribution < -0.4 is 5.32 Å². The number of hydrogen-bond donors (Lipinski definition) is 2. The fraction of sp³-hybridized carbons (Fsp3) is 0.412. The van der Waals surface area contributed by atoms with E-state index in [1.54, 1.807) is 6.20 Å². The zero-order chi connectivity index (χ0) is 15.9. The van der Waals surface area contributed by atoms with E-state index in [0.29, 0.717) is 12.1 Å². The highest BCUT2D eigenvalue weighted by Crippen LogP contribution is 2.10. The van der Waals surface area contributed by atoms with Crippen LogP contribution in [0.3, 0.4) is 0 Å². The van der Waals surface area contributed by atoms with E-state index >= 15 is 0 Å². The normalized spacial score (nSPS) is 19.2. The number of aromatic amines is 1. The fourth-order valence-electron chi connectivity index (χ4n) is 2.76. The number of ether oxygens (including phenoxy) is 1. The van der Waals surface area contributed by atoms with Crippen molar-refractivity contribution in [2.45, 2.75) is 19.1 Å². The van der Waals surface area contributed by atoms with Gasteiger partial charge in [-0.3, -0.25) is 14.8 Å². The minimum atomic E-state index is -0.124. The summed E-state index contributed by atoms with van der Waals surface area (Å²) in [6.07, 6.45) is 4.13. The molecular weight excluding hydrogens is 292 g/mol. The first-order chi connectivity index (χ1) is 11.3. The van der Waals surface area contributed by atoms with Crippen molar-refractivity contribution in [2.75, 3.05) is 26.2 Å². The molecule has 1 saturated heterocycles. The van der Waals surface area contributed by atoms with Crippen molar-refractivity contribution in [3.05, 3.63) is 53.9 Å². The molecule has 0 unspecified atom stereocenters. The molecule has 1 aromatic carbocycles. The molecule has 0 aliphatic carbocycles. The predicted octanol–water partition coefficient (Wildman–Crippen LogP) is 1.43. The number of rotatable bonds is 5. The Morgan fingerprint density at radius 1 is 1.39 bits per heavy atom. The topological polar surface area (TPSA) is 70.2 Å². The van der Waals surface area contributed by atoms with Crippen LogP contribution in [0, 0.1) is 0 Å². The highest BCUT2D eigenvalue weighted by atomic mass is 16.5. The lowest BCUT2D eigenvalue weighted by atomic mass is 10.2. The summed E-state index contributed by atoms with van der Waals surface area (Å²) >= 11 is 0. The number of nitrogens with one attached hydrogen (secondary N) is 2. The largest absolute Gasteiger partial charge is 0.375 e. The van der Waals surface area contributed by atoms with Gasteiger partial charge < -0.3 is 10.1 Å². The van der Waals surface area contributed by atoms with Gasteiger partial charge in [-0.05, 0) is 12.0 Å². The number of aromatic nitrogens is 2. The Kier molecular flexibility index (Phi) is 5.39. The first-order valence-corrected chi connectivity index (χ1v) is 7.96. The minimum Gasteiger partial charge on any atom is -0.375 e. The molecule has 1 atom stereocenters. The zero-order valence-electron chi connectivity index (χ0n) is 13.1. The van der Waals surface area contributed by atoms with Gasteiger partial charge in [-0.1, -0.05) is 30.3 Å². The smallest absolute Gasteiger partial charge is 0.254 e. The second-order valence-corrected chi connectivity index (χ2v) is 5.76. The SMILES string of the molecule is O=C(NC[C@H]1CN(Cc2ccccc2)CCCO1)c1cn[nH]c1. The lowest BCUT2D eigenvalue weighted by Crippen LogP contribution is -2.39. The van der Waals surface area contributed by atoms with Crippen molar-refractivity contribution in [3.63, 3.8) is 0 Å². The van der Waals surface area contributed by atoms with Crippen LogP contribution in [-0.4, -0.2) is 53.3 Å². The molecule has 1 fully saturated rings. The molecule has 1 amide bonds. The van der Waals surface area contributed by atoms with Gasteiger partial charge in [0.25, 0.3) is 5.91 Å². The van der Waals surface area contributed by atoms with Gasteiger partial charge in [-0.2, -0.15) is 5.10 Å². The highest BCUT2D eigenvalue weighted by molar-refractivity contribution is 5.93. The van der Waals surface area contributed by atoms with Crippen molar-refractivity contribution in [2.24, 2.45) is 0 Å². The van der Waals surface area contributed by atoms with E-state index in [9.17, 15) is 4.79 Å². The molecule has 1 aliphatic rings. The molecule has 6 nitrogen and oxygen atoms in total. The van der Waals surface area contributed by atoms with Gasteiger partial charge in [0.2, 0.25) is 0 Å². The minimum absolute atomic E-state index is 0.0112. The van der Waals surface area contributed by atoms with Crippen LogP contribution in [0.4, 0.5) is 0 Å². The lowest BCUT2D eigenvalue weighted by molar-refractivity contribution is 0.0510. The van der Waals surface area contributed by atoms with Crippen molar-refractivity contribution < 1.29 is 9.53 Å². The molecular formula is C17H22N4O2. The molecule has 3 rings (SSSR count). The number of carbonyl (C=O) groups excluding carboxylic acids is 1. The predicted molar refractivity (Wildman–Crippen MR) is 87.0 cm³/mol. The fourth-order valence-corrected chi connectivity index (χ4v) is 2.76. The van der Waals surface area contributed by atoms with Crippen molar-refractivity contribution in [1.29, 1.82) is 0 Å². The van der Waals surface area contributed by atoms with Crippen LogP contribution in [0.5, 0.6) is 0 Å². The molecule has 0 spiro atoms. The molecule has 23 heavy (non-hydrogen) atoms. The second-order valence-electron chi connectivity index (χ2n) is 5.76. The van der Waals surface area contributed by atoms with Gasteiger partial charge in [-0.15, -0.1) is 0 Å². The third-order valence-electron chi connectivity index (χ3n) is 3.93. The summed E-state index contributed by atoms with van der Waals surface area (Å²) in [7, 11) is 0. The number of amides is 1. The zero-order valence-corrected chi connectivity index (χ0v) is 13.1. The first-order valence-electron chi connectivity index (χ1n) is 7.96. The Hall–Kier alpha value is -2.18. The summed E-state index contributed by atoms with van der Waals surface area (Å²) in [6.45, 7) is 3.99. The van der Waals surface area contributed by atoms with Crippen LogP contribution in [0.25, 0.3) is 0 Å². The average Bonchev–Trinajstić information content (AvgIpc) is 3.02. The molecule has 0 radical (unpaired) electrons. The third kappa shape index (κ3) is 4.64. The van der Waals surface area contributed by atoms with E-state index in [4.69, 9.17) is 4.74 Å². The quantitative estimate of drug-likeness (QED) is 0.876. The maximum atomic E-state index is 12.0. The van der Waals surface area contributed by atoms with Gasteiger partial charge >= 0.3 is 0 Å². The summed E-state index contributed by atoms with van der Waals surface area (Å²) in [4.78, 5) is 14.4. The van der Waals surface area contributed by atoms with Crippen LogP contribution >= 0.6 is 0 Å². The monoisotopic (exact) mass is 314 g/mol. The van der Waals surface area contributed by atoms with E-state index in [2.05, 4.69) is 44.7 Å². The summed E-state index contributed by atoms with van der Waals surface area (Å²) in [5.74, 6) is -0.124. The van der Waals surface area contributed by atoms with Crippen molar-refractivity contribution in [1.82, 2.24) is 20.4 Å². The Morgan fingerprint density at radius 3 is 3.04 bits per heavy atom. The summed E-state index contributed by atoms with van der Waals surface area (Å²) in [5, 5.41) is 9.35. The number of nitrogens with zero attached hydrogens (tertiary/aromatic N) is 2. The molecule has 1 aromatic heterocycles. The maximum absolute atomic E-state index is 12.0. The highest BCUT2D eigenvalue weighted by Gasteiger charge is 2.20. The van der Waals surface area contributed by atoms with Crippen LogP contribution in [0.15, 0.2) is 42.7 Å². The molecule has 2 aromatic rings. The summed E-state index contributed by atoms with van der Waals surface area (Å²) < 4.78 is 5.86. The lowest BCUT2D eigenvalue weighted by Gasteiger charge is -2.24. The maximum Gasteiger partial charge on any atom is 0.254 e. The molecule has 2 heterocycles. The van der Waals surface area contributed by atoms with E-state index in [0.717, 1.165) is 32.7 Å². The van der Waals surface area contributed by atoms with Gasteiger partial charge in [0.1, 0.15) is 0 Å². The third-order valence-corrected chi connectivity index (χ3v) is 3.93. The number of H-pyrrole nitrogens is 1. The van der Waals surface area contributed by atoms with Gasteiger partial charge in [0.15, 0.2) is 0 Å². The van der Waals surface area contributed by atoms with Gasteiger partial charge in [0, 0.05) is 39.0 Å². The number of carbonyl (C=O) groups is 1. The van der Waals surface area contributed by atoms with E-state index in [1.165, 1.54) is 11.8 Å². The molecule has 122 valence electrons. The number of hydrogen-bond acceptors (Lipinski definition) is 4. The molecule has 0 bridgehead atoms. The Bertz CT molecular complexity index is 600. The Labute approximate surface area is 135 Å². The van der Waals surface area contributed by atoms with Crippen molar-refractivity contribution >= 4 is 5.91 Å². The summed E-state index contributed by atoms with van der Waals surface area (Å²) in [5.41, 5.74) is 1.84. The Morgan fingerprint density at radius 2 is 2.26 bits per heavy atom. The van der Waals surface area contributed by atoms with Crippen LogP contribution in [0.1, 0.15) is 22.3 Å². The standard InChI is InChI=1S/C17H22N4O2/c22-17(15-9-19-20-10-15)18-11-16-13-21(7-4-8-23-16)12-14-5-2-1-3-6-14/h1-3,5-6,9-10,16H,4,7-8,11-13H2,(H,18,22)(H,19,20)/t16-/m0/s1. The van der Waals surface area contributed by atoms with E-state index in [1.807, 2.05) is 6.07 Å². The molecule has 1 aliphatic heterocycles. The molecule has 6 heteroatoms. The van der Waals surface area contributed by atoms with E-state index in [-0.39, 0.29) is 12.0 Å². The number of benzene rings is 1.